The van der Waals surface area contributed by atoms with Crippen molar-refractivity contribution in [2.24, 2.45) is 5.41 Å². The summed E-state index contributed by atoms with van der Waals surface area (Å²) in [4.78, 5) is 12.3. The van der Waals surface area contributed by atoms with E-state index in [2.05, 4.69) is 15.9 Å². The highest BCUT2D eigenvalue weighted by Gasteiger charge is 2.35. The Balaban J connectivity index is 2.16. The lowest BCUT2D eigenvalue weighted by molar-refractivity contribution is -0.116. The lowest BCUT2D eigenvalue weighted by Crippen LogP contribution is -2.25. The van der Waals surface area contributed by atoms with E-state index in [0.29, 0.717) is 13.2 Å². The van der Waals surface area contributed by atoms with E-state index in [1.165, 1.54) is 4.88 Å². The molecule has 0 saturated carbocycles. The minimum Gasteiger partial charge on any atom is -0.380 e. The lowest BCUT2D eigenvalue weighted by atomic mass is 9.85. The van der Waals surface area contributed by atoms with Gasteiger partial charge in [0.15, 0.2) is 0 Å². The number of hydrogen-bond acceptors (Lipinski definition) is 3. The fourth-order valence-electron chi connectivity index (χ4n) is 1.67. The van der Waals surface area contributed by atoms with Crippen molar-refractivity contribution in [1.82, 2.24) is 0 Å². The van der Waals surface area contributed by atoms with Crippen LogP contribution < -0.4 is 0 Å². The van der Waals surface area contributed by atoms with Gasteiger partial charge < -0.3 is 9.53 Å². The molecule has 76 valence electrons. The summed E-state index contributed by atoms with van der Waals surface area (Å²) >= 11 is 5.17. The van der Waals surface area contributed by atoms with Crippen LogP contribution in [-0.2, 0) is 16.0 Å². The molecule has 0 aromatic carbocycles. The zero-order valence-electron chi connectivity index (χ0n) is 7.66. The Kier molecular flexibility index (Phi) is 3.04. The highest BCUT2D eigenvalue weighted by atomic mass is 79.9. The van der Waals surface area contributed by atoms with Crippen molar-refractivity contribution in [3.05, 3.63) is 20.8 Å². The highest BCUT2D eigenvalue weighted by Crippen LogP contribution is 2.35. The molecule has 1 unspecified atom stereocenters. The largest absolute Gasteiger partial charge is 0.380 e. The van der Waals surface area contributed by atoms with Crippen molar-refractivity contribution < 1.29 is 9.53 Å². The molecular formula is C10H11BrO2S. The summed E-state index contributed by atoms with van der Waals surface area (Å²) in [6.45, 7) is 1.28. The summed E-state index contributed by atoms with van der Waals surface area (Å²) in [6, 6.07) is 2.02. The molecule has 14 heavy (non-hydrogen) atoms. The van der Waals surface area contributed by atoms with Crippen LogP contribution in [0.5, 0.6) is 0 Å². The summed E-state index contributed by atoms with van der Waals surface area (Å²) in [6.07, 6.45) is 2.71. The number of rotatable bonds is 3. The number of hydrogen-bond donors (Lipinski definition) is 0. The summed E-state index contributed by atoms with van der Waals surface area (Å²) in [5, 5.41) is 2.04. The van der Waals surface area contributed by atoms with Crippen LogP contribution in [0.15, 0.2) is 15.9 Å². The van der Waals surface area contributed by atoms with Crippen LogP contribution in [0.3, 0.4) is 0 Å². The first kappa shape index (κ1) is 10.3. The molecule has 0 amide bonds. The molecule has 1 aromatic rings. The number of thiophene rings is 1. The zero-order chi connectivity index (χ0) is 10.0. The molecule has 0 bridgehead atoms. The Hall–Kier alpha value is -0.190. The van der Waals surface area contributed by atoms with Crippen LogP contribution in [0.25, 0.3) is 0 Å². The molecule has 0 spiro atoms. The first-order valence-corrected chi connectivity index (χ1v) is 6.19. The standard InChI is InChI=1S/C10H11BrO2S/c11-8-1-4-14-9(8)5-10(6-12)2-3-13-7-10/h1,4,6H,2-3,5,7H2. The predicted octanol–water partition coefficient (Wildman–Crippen LogP) is 2.66. The van der Waals surface area contributed by atoms with Crippen molar-refractivity contribution in [2.75, 3.05) is 13.2 Å². The van der Waals surface area contributed by atoms with Crippen LogP contribution in [-0.4, -0.2) is 19.5 Å². The molecule has 1 aliphatic heterocycles. The van der Waals surface area contributed by atoms with Gasteiger partial charge in [-0.3, -0.25) is 0 Å². The molecule has 1 aromatic heterocycles. The molecule has 1 saturated heterocycles. The van der Waals surface area contributed by atoms with Gasteiger partial charge in [-0.2, -0.15) is 0 Å². The number of halogens is 1. The van der Waals surface area contributed by atoms with E-state index in [1.54, 1.807) is 11.3 Å². The van der Waals surface area contributed by atoms with Crippen LogP contribution in [0.4, 0.5) is 0 Å². The molecule has 0 aliphatic carbocycles. The lowest BCUT2D eigenvalue weighted by Gasteiger charge is -2.18. The van der Waals surface area contributed by atoms with Gasteiger partial charge in [-0.1, -0.05) is 0 Å². The minimum atomic E-state index is -0.270. The van der Waals surface area contributed by atoms with Gasteiger partial charge in [0.25, 0.3) is 0 Å². The third kappa shape index (κ3) is 1.92. The number of ether oxygens (including phenoxy) is 1. The van der Waals surface area contributed by atoms with Gasteiger partial charge in [0.1, 0.15) is 6.29 Å². The average Bonchev–Trinajstić information content (AvgIpc) is 2.79. The first-order chi connectivity index (χ1) is 6.76. The molecule has 1 aliphatic rings. The molecule has 1 atom stereocenters. The number of aldehydes is 1. The maximum Gasteiger partial charge on any atom is 0.128 e. The third-order valence-corrected chi connectivity index (χ3v) is 4.51. The second-order valence-electron chi connectivity index (χ2n) is 3.65. The average molecular weight is 275 g/mol. The van der Waals surface area contributed by atoms with Gasteiger partial charge in [-0.05, 0) is 40.2 Å². The molecule has 4 heteroatoms. The maximum absolute atomic E-state index is 11.1. The van der Waals surface area contributed by atoms with E-state index < -0.39 is 0 Å². The Morgan fingerprint density at radius 1 is 1.71 bits per heavy atom. The van der Waals surface area contributed by atoms with Crippen molar-refractivity contribution in [3.8, 4) is 0 Å². The van der Waals surface area contributed by atoms with E-state index in [4.69, 9.17) is 4.74 Å². The Morgan fingerprint density at radius 2 is 2.57 bits per heavy atom. The van der Waals surface area contributed by atoms with E-state index in [1.807, 2.05) is 11.4 Å². The van der Waals surface area contributed by atoms with Gasteiger partial charge >= 0.3 is 0 Å². The van der Waals surface area contributed by atoms with Gasteiger partial charge in [0.05, 0.1) is 12.0 Å². The summed E-state index contributed by atoms with van der Waals surface area (Å²) in [5.41, 5.74) is -0.270. The molecule has 2 rings (SSSR count). The first-order valence-electron chi connectivity index (χ1n) is 4.52. The normalized spacial score (nSPS) is 26.6. The van der Waals surface area contributed by atoms with Gasteiger partial charge in [0, 0.05) is 16.0 Å². The second kappa shape index (κ2) is 4.13. The quantitative estimate of drug-likeness (QED) is 0.793. The summed E-state index contributed by atoms with van der Waals surface area (Å²) < 4.78 is 6.41. The Labute approximate surface area is 95.4 Å². The molecule has 2 nitrogen and oxygen atoms in total. The van der Waals surface area contributed by atoms with Crippen molar-refractivity contribution >= 4 is 33.6 Å². The summed E-state index contributed by atoms with van der Waals surface area (Å²) in [7, 11) is 0. The molecule has 0 radical (unpaired) electrons. The van der Waals surface area contributed by atoms with Crippen molar-refractivity contribution in [3.63, 3.8) is 0 Å². The molecular weight excluding hydrogens is 264 g/mol. The monoisotopic (exact) mass is 274 g/mol. The minimum absolute atomic E-state index is 0.270. The zero-order valence-corrected chi connectivity index (χ0v) is 10.1. The van der Waals surface area contributed by atoms with E-state index >= 15 is 0 Å². The van der Waals surface area contributed by atoms with Gasteiger partial charge in [-0.15, -0.1) is 11.3 Å². The molecule has 2 heterocycles. The Morgan fingerprint density at radius 3 is 3.07 bits per heavy atom. The fourth-order valence-corrected chi connectivity index (χ4v) is 3.32. The van der Waals surface area contributed by atoms with Crippen LogP contribution in [0.1, 0.15) is 11.3 Å². The van der Waals surface area contributed by atoms with Crippen molar-refractivity contribution in [2.45, 2.75) is 12.8 Å². The SMILES string of the molecule is O=CC1(Cc2sccc2Br)CCOC1. The van der Waals surface area contributed by atoms with Gasteiger partial charge in [-0.25, -0.2) is 0 Å². The highest BCUT2D eigenvalue weighted by molar-refractivity contribution is 9.10. The van der Waals surface area contributed by atoms with Gasteiger partial charge in [0.2, 0.25) is 0 Å². The van der Waals surface area contributed by atoms with E-state index in [9.17, 15) is 4.79 Å². The third-order valence-electron chi connectivity index (χ3n) is 2.59. The van der Waals surface area contributed by atoms with Crippen LogP contribution >= 0.6 is 27.3 Å². The smallest absolute Gasteiger partial charge is 0.128 e. The molecule has 0 N–H and O–H groups in total. The fraction of sp³-hybridized carbons (Fsp3) is 0.500. The van der Waals surface area contributed by atoms with Crippen LogP contribution in [0.2, 0.25) is 0 Å². The topological polar surface area (TPSA) is 26.3 Å². The number of carbonyl (C=O) groups is 1. The molecule has 1 fully saturated rings. The number of carbonyl (C=O) groups excluding carboxylic acids is 1. The van der Waals surface area contributed by atoms with Crippen molar-refractivity contribution in [1.29, 1.82) is 0 Å². The maximum atomic E-state index is 11.1. The predicted molar refractivity (Wildman–Crippen MR) is 59.7 cm³/mol. The Bertz CT molecular complexity index is 329. The second-order valence-corrected chi connectivity index (χ2v) is 5.51. The van der Waals surface area contributed by atoms with E-state index in [0.717, 1.165) is 23.6 Å². The summed E-state index contributed by atoms with van der Waals surface area (Å²) in [5.74, 6) is 0. The van der Waals surface area contributed by atoms with E-state index in [-0.39, 0.29) is 5.41 Å². The van der Waals surface area contributed by atoms with Crippen LogP contribution in [0, 0.1) is 5.41 Å².